The molecular weight excluding hydrogens is 622 g/mol. The molecule has 0 spiro atoms. The lowest BCUT2D eigenvalue weighted by atomic mass is 10.1. The van der Waals surface area contributed by atoms with E-state index in [9.17, 15) is 14.4 Å². The molecule has 0 rings (SSSR count). The van der Waals surface area contributed by atoms with Crippen molar-refractivity contribution < 1.29 is 24.2 Å². The normalized spacial score (nSPS) is 13.2. The molecule has 0 aliphatic rings. The first-order chi connectivity index (χ1) is 24.5. The number of allylic oxidation sites excluding steroid dienone is 15. The van der Waals surface area contributed by atoms with E-state index in [1.807, 2.05) is 6.08 Å². The van der Waals surface area contributed by atoms with Gasteiger partial charge >= 0.3 is 11.9 Å². The molecule has 1 amide bonds. The van der Waals surface area contributed by atoms with Gasteiger partial charge in [-0.1, -0.05) is 137 Å². The average Bonchev–Trinajstić information content (AvgIpc) is 3.10. The van der Waals surface area contributed by atoms with Crippen molar-refractivity contribution in [2.75, 3.05) is 6.54 Å². The third-order valence-corrected chi connectivity index (χ3v) is 7.74. The number of hydrogen-bond donors (Lipinski definition) is 2. The van der Waals surface area contributed by atoms with Crippen molar-refractivity contribution in [1.82, 2.24) is 5.32 Å². The molecule has 0 aromatic heterocycles. The van der Waals surface area contributed by atoms with Crippen LogP contribution in [0.25, 0.3) is 0 Å². The minimum Gasteiger partial charge on any atom is -0.480 e. The summed E-state index contributed by atoms with van der Waals surface area (Å²) in [5, 5.41) is 11.1. The quantitative estimate of drug-likeness (QED) is 0.0406. The fourth-order valence-corrected chi connectivity index (χ4v) is 4.94. The molecule has 6 heteroatoms. The van der Waals surface area contributed by atoms with Gasteiger partial charge in [-0.25, -0.2) is 0 Å². The van der Waals surface area contributed by atoms with Crippen molar-refractivity contribution in [2.24, 2.45) is 0 Å². The molecule has 0 fully saturated rings. The van der Waals surface area contributed by atoms with E-state index in [0.717, 1.165) is 89.9 Å². The second kappa shape index (κ2) is 38.1. The SMILES string of the molecule is CC/C=C\C/C=C\C/C=C\C/C=C\CCCCCCCCC(=O)OC(/C=C\C/C=C\C/C=C\C/C=C\CC)CCCCCC(=O)NCC(=O)O. The average molecular weight is 692 g/mol. The van der Waals surface area contributed by atoms with Crippen LogP contribution in [-0.4, -0.2) is 35.6 Å². The monoisotopic (exact) mass is 692 g/mol. The Bertz CT molecular complexity index is 1080. The fourth-order valence-electron chi connectivity index (χ4n) is 4.94. The van der Waals surface area contributed by atoms with Crippen LogP contribution in [-0.2, 0) is 19.1 Å². The number of carbonyl (C=O) groups excluding carboxylic acids is 2. The van der Waals surface area contributed by atoms with Crippen molar-refractivity contribution in [2.45, 2.75) is 155 Å². The zero-order valence-corrected chi connectivity index (χ0v) is 31.5. The number of hydrogen-bond acceptors (Lipinski definition) is 4. The van der Waals surface area contributed by atoms with Gasteiger partial charge in [0.2, 0.25) is 5.91 Å². The highest BCUT2D eigenvalue weighted by Gasteiger charge is 2.12. The molecule has 0 aromatic carbocycles. The summed E-state index contributed by atoms with van der Waals surface area (Å²) in [5.41, 5.74) is 0. The first kappa shape index (κ1) is 46.3. The molecule has 0 aromatic rings. The first-order valence-electron chi connectivity index (χ1n) is 19.4. The molecule has 1 unspecified atom stereocenters. The van der Waals surface area contributed by atoms with Crippen LogP contribution in [0.15, 0.2) is 97.2 Å². The molecule has 0 saturated carbocycles. The number of amides is 1. The second-order valence-corrected chi connectivity index (χ2v) is 12.4. The molecule has 2 N–H and O–H groups in total. The summed E-state index contributed by atoms with van der Waals surface area (Å²) >= 11 is 0. The van der Waals surface area contributed by atoms with E-state index < -0.39 is 5.97 Å². The number of aliphatic carboxylic acids is 1. The van der Waals surface area contributed by atoms with Gasteiger partial charge in [0, 0.05) is 12.8 Å². The van der Waals surface area contributed by atoms with Gasteiger partial charge in [0.1, 0.15) is 12.6 Å². The first-order valence-corrected chi connectivity index (χ1v) is 19.4. The number of rotatable bonds is 33. The van der Waals surface area contributed by atoms with E-state index in [0.29, 0.717) is 25.7 Å². The summed E-state index contributed by atoms with van der Waals surface area (Å²) in [7, 11) is 0. The van der Waals surface area contributed by atoms with Gasteiger partial charge in [-0.15, -0.1) is 0 Å². The van der Waals surface area contributed by atoms with Crippen LogP contribution >= 0.6 is 0 Å². The van der Waals surface area contributed by atoms with Gasteiger partial charge in [0.15, 0.2) is 0 Å². The smallest absolute Gasteiger partial charge is 0.322 e. The van der Waals surface area contributed by atoms with Crippen molar-refractivity contribution in [3.8, 4) is 0 Å². The lowest BCUT2D eigenvalue weighted by Gasteiger charge is -2.14. The molecule has 0 radical (unpaired) electrons. The highest BCUT2D eigenvalue weighted by molar-refractivity contribution is 5.80. The Balaban J connectivity index is 4.29. The summed E-state index contributed by atoms with van der Waals surface area (Å²) < 4.78 is 5.84. The molecule has 50 heavy (non-hydrogen) atoms. The van der Waals surface area contributed by atoms with Crippen LogP contribution in [0.4, 0.5) is 0 Å². The largest absolute Gasteiger partial charge is 0.480 e. The molecule has 0 aliphatic carbocycles. The standard InChI is InChI=1S/C44H69NO5/c1-3-5-7-9-11-13-15-16-17-18-19-20-21-22-24-26-28-30-35-39-44(49)50-41(37-33-31-34-38-42(46)45-40-43(47)48)36-32-29-27-25-23-14-12-10-8-6-4-2/h5-8,11-14,16-17,19-20,25,27,32,36,41H,3-4,9-10,15,18,21-24,26,28-31,33-35,37-40H2,1-2H3,(H,45,46)(H,47,48)/b7-5-,8-6-,13-11-,14-12-,17-16-,20-19-,27-25-,36-32-. The fraction of sp³-hybridized carbons (Fsp3) is 0.568. The Labute approximate surface area is 305 Å². The van der Waals surface area contributed by atoms with Crippen molar-refractivity contribution in [1.29, 1.82) is 0 Å². The second-order valence-electron chi connectivity index (χ2n) is 12.4. The maximum absolute atomic E-state index is 12.6. The van der Waals surface area contributed by atoms with Gasteiger partial charge in [-0.2, -0.15) is 0 Å². The number of ether oxygens (including phenoxy) is 1. The summed E-state index contributed by atoms with van der Waals surface area (Å²) in [6.45, 7) is 3.93. The Morgan fingerprint density at radius 1 is 0.540 bits per heavy atom. The zero-order valence-electron chi connectivity index (χ0n) is 31.5. The van der Waals surface area contributed by atoms with Crippen molar-refractivity contribution in [3.63, 3.8) is 0 Å². The lowest BCUT2D eigenvalue weighted by Crippen LogP contribution is -2.28. The van der Waals surface area contributed by atoms with Gasteiger partial charge in [-0.3, -0.25) is 14.4 Å². The highest BCUT2D eigenvalue weighted by Crippen LogP contribution is 2.14. The zero-order chi connectivity index (χ0) is 36.6. The van der Waals surface area contributed by atoms with E-state index >= 15 is 0 Å². The van der Waals surface area contributed by atoms with Gasteiger partial charge in [0.25, 0.3) is 0 Å². The molecular formula is C44H69NO5. The van der Waals surface area contributed by atoms with E-state index in [1.165, 1.54) is 19.3 Å². The van der Waals surface area contributed by atoms with Gasteiger partial charge in [0.05, 0.1) is 0 Å². The van der Waals surface area contributed by atoms with E-state index in [1.54, 1.807) is 0 Å². The van der Waals surface area contributed by atoms with Crippen molar-refractivity contribution in [3.05, 3.63) is 97.2 Å². The van der Waals surface area contributed by atoms with Crippen LogP contribution in [0.3, 0.4) is 0 Å². The summed E-state index contributed by atoms with van der Waals surface area (Å²) in [5.74, 6) is -1.44. The van der Waals surface area contributed by atoms with Crippen LogP contribution in [0.5, 0.6) is 0 Å². The Kier molecular flexibility index (Phi) is 35.3. The van der Waals surface area contributed by atoms with E-state index in [2.05, 4.69) is 110 Å². The maximum Gasteiger partial charge on any atom is 0.322 e. The number of esters is 1. The Hall–Kier alpha value is -3.67. The number of carboxylic acids is 1. The van der Waals surface area contributed by atoms with E-state index in [4.69, 9.17) is 9.84 Å². The molecule has 0 aliphatic heterocycles. The maximum atomic E-state index is 12.6. The number of unbranched alkanes of at least 4 members (excludes halogenated alkanes) is 8. The van der Waals surface area contributed by atoms with Gasteiger partial charge in [-0.05, 0) is 96.0 Å². The van der Waals surface area contributed by atoms with Crippen LogP contribution in [0, 0.1) is 0 Å². The molecule has 280 valence electrons. The predicted molar refractivity (Wildman–Crippen MR) is 212 cm³/mol. The lowest BCUT2D eigenvalue weighted by molar-refractivity contribution is -0.147. The highest BCUT2D eigenvalue weighted by atomic mass is 16.5. The topological polar surface area (TPSA) is 92.7 Å². The van der Waals surface area contributed by atoms with Crippen LogP contribution < -0.4 is 5.32 Å². The third kappa shape index (κ3) is 37.2. The molecule has 0 heterocycles. The Morgan fingerprint density at radius 3 is 1.52 bits per heavy atom. The van der Waals surface area contributed by atoms with Crippen LogP contribution in [0.2, 0.25) is 0 Å². The molecule has 1 atom stereocenters. The minimum absolute atomic E-state index is 0.148. The van der Waals surface area contributed by atoms with Gasteiger partial charge < -0.3 is 15.2 Å². The molecule has 6 nitrogen and oxygen atoms in total. The third-order valence-electron chi connectivity index (χ3n) is 7.74. The molecule has 0 bridgehead atoms. The number of nitrogens with one attached hydrogen (secondary N) is 1. The summed E-state index contributed by atoms with van der Waals surface area (Å²) in [4.78, 5) is 35.0. The Morgan fingerprint density at radius 2 is 0.980 bits per heavy atom. The minimum atomic E-state index is -1.05. The summed E-state index contributed by atoms with van der Waals surface area (Å²) in [6, 6.07) is 0. The number of carbonyl (C=O) groups is 3. The number of carboxylic acid groups (broad SMARTS) is 1. The summed E-state index contributed by atoms with van der Waals surface area (Å²) in [6.07, 6.45) is 53.9. The van der Waals surface area contributed by atoms with Crippen LogP contribution in [0.1, 0.15) is 149 Å². The van der Waals surface area contributed by atoms with Crippen molar-refractivity contribution >= 4 is 17.8 Å². The molecule has 0 saturated heterocycles. The predicted octanol–water partition coefficient (Wildman–Crippen LogP) is 11.8. The van der Waals surface area contributed by atoms with E-state index in [-0.39, 0.29) is 24.5 Å².